The van der Waals surface area contributed by atoms with Crippen LogP contribution in [0.5, 0.6) is 0 Å². The van der Waals surface area contributed by atoms with Crippen molar-refractivity contribution in [2.45, 2.75) is 52.3 Å². The zero-order chi connectivity index (χ0) is 13.8. The summed E-state index contributed by atoms with van der Waals surface area (Å²) in [6.45, 7) is 8.38. The highest BCUT2D eigenvalue weighted by Gasteiger charge is 2.31. The maximum atomic E-state index is 5.68. The zero-order valence-corrected chi connectivity index (χ0v) is 12.5. The van der Waals surface area contributed by atoms with E-state index in [0.29, 0.717) is 24.0 Å². The quantitative estimate of drug-likeness (QED) is 0.847. The van der Waals surface area contributed by atoms with Crippen LogP contribution in [0.2, 0.25) is 0 Å². The summed E-state index contributed by atoms with van der Waals surface area (Å²) in [7, 11) is 2.03. The van der Waals surface area contributed by atoms with Crippen LogP contribution in [-0.2, 0) is 17.7 Å². The monoisotopic (exact) mass is 266 g/mol. The van der Waals surface area contributed by atoms with Gasteiger partial charge in [-0.2, -0.15) is 5.10 Å². The van der Waals surface area contributed by atoms with E-state index in [1.54, 1.807) is 6.33 Å². The fourth-order valence-electron chi connectivity index (χ4n) is 2.89. The van der Waals surface area contributed by atoms with Crippen molar-refractivity contribution >= 4 is 0 Å². The number of hydrogen-bond donors (Lipinski definition) is 1. The number of nitrogens with zero attached hydrogens (tertiary/aromatic N) is 3. The van der Waals surface area contributed by atoms with E-state index in [9.17, 15) is 0 Å². The average Bonchev–Trinajstić information content (AvgIpc) is 2.95. The van der Waals surface area contributed by atoms with Crippen molar-refractivity contribution in [3.8, 4) is 0 Å². The Kier molecular flexibility index (Phi) is 4.93. The molecule has 19 heavy (non-hydrogen) atoms. The molecule has 3 atom stereocenters. The molecule has 1 aromatic rings. The Morgan fingerprint density at radius 1 is 1.53 bits per heavy atom. The van der Waals surface area contributed by atoms with Crippen molar-refractivity contribution in [2.24, 2.45) is 11.8 Å². The van der Waals surface area contributed by atoms with Gasteiger partial charge in [0.15, 0.2) is 0 Å². The van der Waals surface area contributed by atoms with Gasteiger partial charge in [0, 0.05) is 31.5 Å². The number of rotatable bonds is 6. The van der Waals surface area contributed by atoms with Crippen LogP contribution in [0.3, 0.4) is 0 Å². The zero-order valence-electron chi connectivity index (χ0n) is 12.5. The summed E-state index contributed by atoms with van der Waals surface area (Å²) < 4.78 is 7.72. The van der Waals surface area contributed by atoms with Gasteiger partial charge in [-0.1, -0.05) is 13.8 Å². The highest BCUT2D eigenvalue weighted by molar-refractivity contribution is 4.94. The van der Waals surface area contributed by atoms with Gasteiger partial charge in [0.2, 0.25) is 0 Å². The van der Waals surface area contributed by atoms with Gasteiger partial charge in [-0.25, -0.2) is 9.67 Å². The summed E-state index contributed by atoms with van der Waals surface area (Å²) in [4.78, 5) is 4.42. The minimum atomic E-state index is 0.332. The SMILES string of the molecule is CNC(Cc1ncnn1CC(C)C)C1CCOC1C. The molecule has 5 heteroatoms. The fourth-order valence-corrected chi connectivity index (χ4v) is 2.89. The van der Waals surface area contributed by atoms with Gasteiger partial charge in [-0.15, -0.1) is 0 Å². The van der Waals surface area contributed by atoms with E-state index in [2.05, 4.69) is 36.2 Å². The second-order valence-electron chi connectivity index (χ2n) is 5.88. The molecule has 2 heterocycles. The highest BCUT2D eigenvalue weighted by atomic mass is 16.5. The van der Waals surface area contributed by atoms with E-state index < -0.39 is 0 Å². The van der Waals surface area contributed by atoms with E-state index in [-0.39, 0.29) is 0 Å². The Morgan fingerprint density at radius 3 is 2.89 bits per heavy atom. The summed E-state index contributed by atoms with van der Waals surface area (Å²) >= 11 is 0. The third-order valence-electron chi connectivity index (χ3n) is 3.96. The number of aromatic nitrogens is 3. The molecule has 0 radical (unpaired) electrons. The molecule has 0 saturated carbocycles. The summed E-state index contributed by atoms with van der Waals surface area (Å²) in [5, 5.41) is 7.77. The molecule has 0 bridgehead atoms. The van der Waals surface area contributed by atoms with Gasteiger partial charge in [0.05, 0.1) is 6.10 Å². The molecule has 1 aliphatic heterocycles. The van der Waals surface area contributed by atoms with Gasteiger partial charge in [0.25, 0.3) is 0 Å². The van der Waals surface area contributed by atoms with Crippen molar-refractivity contribution in [3.05, 3.63) is 12.2 Å². The first-order chi connectivity index (χ1) is 9.11. The molecule has 0 spiro atoms. The molecule has 0 aromatic carbocycles. The van der Waals surface area contributed by atoms with E-state index in [0.717, 1.165) is 31.8 Å². The van der Waals surface area contributed by atoms with E-state index >= 15 is 0 Å². The highest BCUT2D eigenvalue weighted by Crippen LogP contribution is 2.25. The second kappa shape index (κ2) is 6.48. The Hall–Kier alpha value is -0.940. The van der Waals surface area contributed by atoms with Crippen molar-refractivity contribution in [3.63, 3.8) is 0 Å². The predicted molar refractivity (Wildman–Crippen MR) is 74.9 cm³/mol. The molecular weight excluding hydrogens is 240 g/mol. The normalized spacial score (nSPS) is 25.1. The number of ether oxygens (including phenoxy) is 1. The van der Waals surface area contributed by atoms with Crippen molar-refractivity contribution in [2.75, 3.05) is 13.7 Å². The molecule has 2 rings (SSSR count). The largest absolute Gasteiger partial charge is 0.378 e. The molecule has 3 unspecified atom stereocenters. The number of likely N-dealkylation sites (N-methyl/N-ethyl adjacent to an activating group) is 1. The standard InChI is InChI=1S/C14H26N4O/c1-10(2)8-18-14(16-9-17-18)7-13(15-4)12-5-6-19-11(12)3/h9-13,15H,5-8H2,1-4H3. The molecule has 1 saturated heterocycles. The minimum absolute atomic E-state index is 0.332. The second-order valence-corrected chi connectivity index (χ2v) is 5.88. The summed E-state index contributed by atoms with van der Waals surface area (Å²) in [6.07, 6.45) is 4.05. The number of hydrogen-bond acceptors (Lipinski definition) is 4. The molecule has 1 aliphatic rings. The van der Waals surface area contributed by atoms with Crippen molar-refractivity contribution in [1.29, 1.82) is 0 Å². The molecular formula is C14H26N4O. The van der Waals surface area contributed by atoms with Gasteiger partial charge in [-0.05, 0) is 26.3 Å². The minimum Gasteiger partial charge on any atom is -0.378 e. The lowest BCUT2D eigenvalue weighted by Crippen LogP contribution is -2.39. The van der Waals surface area contributed by atoms with Crippen LogP contribution in [-0.4, -0.2) is 40.6 Å². The molecule has 0 aliphatic carbocycles. The lowest BCUT2D eigenvalue weighted by atomic mass is 9.91. The van der Waals surface area contributed by atoms with Crippen LogP contribution in [0.25, 0.3) is 0 Å². The van der Waals surface area contributed by atoms with Crippen LogP contribution >= 0.6 is 0 Å². The maximum absolute atomic E-state index is 5.68. The van der Waals surface area contributed by atoms with E-state index in [1.807, 2.05) is 11.7 Å². The van der Waals surface area contributed by atoms with Gasteiger partial charge in [-0.3, -0.25) is 0 Å². The number of nitrogens with one attached hydrogen (secondary N) is 1. The first-order valence-corrected chi connectivity index (χ1v) is 7.27. The summed E-state index contributed by atoms with van der Waals surface area (Å²) in [5.41, 5.74) is 0. The molecule has 1 aromatic heterocycles. The first-order valence-electron chi connectivity index (χ1n) is 7.27. The molecule has 108 valence electrons. The molecule has 1 fully saturated rings. The molecule has 1 N–H and O–H groups in total. The van der Waals surface area contributed by atoms with Crippen LogP contribution in [0.15, 0.2) is 6.33 Å². The lowest BCUT2D eigenvalue weighted by Gasteiger charge is -2.25. The molecule has 0 amide bonds. The third kappa shape index (κ3) is 3.54. The van der Waals surface area contributed by atoms with Crippen LogP contribution < -0.4 is 5.32 Å². The lowest BCUT2D eigenvalue weighted by molar-refractivity contribution is 0.0959. The van der Waals surface area contributed by atoms with Gasteiger partial charge in [0.1, 0.15) is 12.2 Å². The fraction of sp³-hybridized carbons (Fsp3) is 0.857. The van der Waals surface area contributed by atoms with Crippen molar-refractivity contribution in [1.82, 2.24) is 20.1 Å². The van der Waals surface area contributed by atoms with Crippen LogP contribution in [0, 0.1) is 11.8 Å². The van der Waals surface area contributed by atoms with Crippen LogP contribution in [0.1, 0.15) is 33.0 Å². The topological polar surface area (TPSA) is 52.0 Å². The Bertz CT molecular complexity index is 391. The predicted octanol–water partition coefficient (Wildman–Crippen LogP) is 1.49. The summed E-state index contributed by atoms with van der Waals surface area (Å²) in [5.74, 6) is 2.23. The average molecular weight is 266 g/mol. The smallest absolute Gasteiger partial charge is 0.138 e. The Labute approximate surface area is 115 Å². The van der Waals surface area contributed by atoms with Crippen molar-refractivity contribution < 1.29 is 4.74 Å². The maximum Gasteiger partial charge on any atom is 0.138 e. The third-order valence-corrected chi connectivity index (χ3v) is 3.96. The Balaban J connectivity index is 2.03. The Morgan fingerprint density at radius 2 is 2.32 bits per heavy atom. The van der Waals surface area contributed by atoms with E-state index in [4.69, 9.17) is 4.74 Å². The van der Waals surface area contributed by atoms with Crippen LogP contribution in [0.4, 0.5) is 0 Å². The van der Waals surface area contributed by atoms with E-state index in [1.165, 1.54) is 0 Å². The van der Waals surface area contributed by atoms with Gasteiger partial charge >= 0.3 is 0 Å². The summed E-state index contributed by atoms with van der Waals surface area (Å²) in [6, 6.07) is 0.410. The first kappa shape index (κ1) is 14.5. The van der Waals surface area contributed by atoms with Gasteiger partial charge < -0.3 is 10.1 Å². The molecule has 5 nitrogen and oxygen atoms in total.